The first-order valence-corrected chi connectivity index (χ1v) is 13.9. The predicted molar refractivity (Wildman–Crippen MR) is 138 cm³/mol. The Labute approximate surface area is 204 Å². The van der Waals surface area contributed by atoms with Gasteiger partial charge in [0.2, 0.25) is 0 Å². The Hall–Kier alpha value is -1.90. The maximum atomic E-state index is 7.50. The van der Waals surface area contributed by atoms with Gasteiger partial charge in [0, 0.05) is 6.04 Å². The maximum absolute atomic E-state index is 7.50. The first kappa shape index (κ1) is 20.3. The van der Waals surface area contributed by atoms with Crippen LogP contribution >= 0.6 is 0 Å². The van der Waals surface area contributed by atoms with E-state index < -0.39 is 0 Å². The van der Waals surface area contributed by atoms with Crippen LogP contribution in [0.2, 0.25) is 0 Å². The minimum absolute atomic E-state index is 0.0288. The molecule has 0 amide bonds. The topological polar surface area (TPSA) is 12.5 Å². The van der Waals surface area contributed by atoms with Crippen molar-refractivity contribution in [3.05, 3.63) is 71.3 Å². The van der Waals surface area contributed by atoms with E-state index in [2.05, 4.69) is 66.4 Å². The predicted octanol–water partition coefficient (Wildman–Crippen LogP) is 7.16. The zero-order valence-electron chi connectivity index (χ0n) is 20.6. The van der Waals surface area contributed by atoms with Crippen LogP contribution in [-0.4, -0.2) is 35.2 Å². The number of rotatable bonds is 2. The SMILES string of the molecule is C[C@]12CC=C3C=C4CC[C@H](N5CCC5)CC45CC[C@]3(O5)[C@@H]1CC[C@@H]2c1ccc2ccccc2c1. The normalized spacial score (nSPS) is 42.9. The molecule has 1 unspecified atom stereocenters. The van der Waals surface area contributed by atoms with E-state index in [0.717, 1.165) is 6.04 Å². The third-order valence-electron chi connectivity index (χ3n) is 11.2. The molecule has 0 aromatic heterocycles. The molecular formula is C32H37NO. The Morgan fingerprint density at radius 1 is 0.971 bits per heavy atom. The first-order valence-electron chi connectivity index (χ1n) is 13.9. The van der Waals surface area contributed by atoms with Crippen LogP contribution in [0.3, 0.4) is 0 Å². The van der Waals surface area contributed by atoms with Crippen molar-refractivity contribution in [2.75, 3.05) is 13.1 Å². The molecule has 3 heterocycles. The van der Waals surface area contributed by atoms with E-state index >= 15 is 0 Å². The molecule has 2 aromatic carbocycles. The minimum atomic E-state index is -0.0288. The van der Waals surface area contributed by atoms with Crippen LogP contribution in [0.4, 0.5) is 0 Å². The molecular weight excluding hydrogens is 414 g/mol. The number of hydrogen-bond donors (Lipinski definition) is 0. The summed E-state index contributed by atoms with van der Waals surface area (Å²) in [5.74, 6) is 1.26. The molecule has 6 atom stereocenters. The lowest BCUT2D eigenvalue weighted by Crippen LogP contribution is -2.56. The zero-order valence-corrected chi connectivity index (χ0v) is 20.6. The lowest BCUT2D eigenvalue weighted by atomic mass is 9.58. The monoisotopic (exact) mass is 451 g/mol. The molecule has 2 saturated carbocycles. The molecule has 2 spiro atoms. The highest BCUT2D eigenvalue weighted by Crippen LogP contribution is 2.69. The number of fused-ring (bicyclic) bond motifs is 2. The summed E-state index contributed by atoms with van der Waals surface area (Å²) in [5, 5.41) is 2.74. The van der Waals surface area contributed by atoms with Gasteiger partial charge in [-0.05, 0) is 116 Å². The summed E-state index contributed by atoms with van der Waals surface area (Å²) in [6, 6.07) is 16.8. The molecule has 4 fully saturated rings. The second-order valence-corrected chi connectivity index (χ2v) is 12.6. The molecule has 6 aliphatic rings. The Kier molecular flexibility index (Phi) is 4.10. The highest BCUT2D eigenvalue weighted by atomic mass is 16.5. The molecule has 34 heavy (non-hydrogen) atoms. The summed E-state index contributed by atoms with van der Waals surface area (Å²) in [5.41, 5.74) is 5.03. The van der Waals surface area contributed by atoms with Gasteiger partial charge in [-0.25, -0.2) is 0 Å². The summed E-state index contributed by atoms with van der Waals surface area (Å²) in [6.45, 7) is 5.22. The van der Waals surface area contributed by atoms with Gasteiger partial charge < -0.3 is 9.64 Å². The van der Waals surface area contributed by atoms with Crippen molar-refractivity contribution in [1.82, 2.24) is 4.90 Å². The number of allylic oxidation sites excluding steroid dienone is 1. The molecule has 0 N–H and O–H groups in total. The van der Waals surface area contributed by atoms with E-state index in [-0.39, 0.29) is 16.6 Å². The number of hydrogen-bond acceptors (Lipinski definition) is 2. The molecule has 176 valence electrons. The van der Waals surface area contributed by atoms with Crippen LogP contribution in [0.25, 0.3) is 10.8 Å². The molecule has 2 bridgehead atoms. The Balaban J connectivity index is 1.16. The van der Waals surface area contributed by atoms with Crippen molar-refractivity contribution in [3.63, 3.8) is 0 Å². The van der Waals surface area contributed by atoms with Gasteiger partial charge in [-0.15, -0.1) is 0 Å². The van der Waals surface area contributed by atoms with Crippen molar-refractivity contribution >= 4 is 10.8 Å². The fourth-order valence-corrected chi connectivity index (χ4v) is 9.37. The third kappa shape index (κ3) is 2.54. The largest absolute Gasteiger partial charge is 0.359 e. The van der Waals surface area contributed by atoms with E-state index in [1.165, 1.54) is 81.6 Å². The molecule has 2 aromatic rings. The summed E-state index contributed by atoms with van der Waals surface area (Å²) in [4.78, 5) is 2.74. The summed E-state index contributed by atoms with van der Waals surface area (Å²) >= 11 is 0. The smallest absolute Gasteiger partial charge is 0.0974 e. The Bertz CT molecular complexity index is 1240. The van der Waals surface area contributed by atoms with E-state index in [4.69, 9.17) is 4.74 Å². The van der Waals surface area contributed by atoms with Crippen molar-refractivity contribution in [2.45, 2.75) is 87.9 Å². The molecule has 8 rings (SSSR count). The van der Waals surface area contributed by atoms with Crippen LogP contribution < -0.4 is 0 Å². The number of nitrogens with zero attached hydrogens (tertiary/aromatic N) is 1. The molecule has 2 heteroatoms. The number of ether oxygens (including phenoxy) is 1. The highest BCUT2D eigenvalue weighted by Gasteiger charge is 2.66. The lowest BCUT2D eigenvalue weighted by Gasteiger charge is -2.55. The second kappa shape index (κ2) is 6.86. The Morgan fingerprint density at radius 2 is 1.85 bits per heavy atom. The highest BCUT2D eigenvalue weighted by molar-refractivity contribution is 5.83. The van der Waals surface area contributed by atoms with Gasteiger partial charge in [0.05, 0.1) is 11.2 Å². The fourth-order valence-electron chi connectivity index (χ4n) is 9.37. The molecule has 2 nitrogen and oxygen atoms in total. The summed E-state index contributed by atoms with van der Waals surface area (Å²) < 4.78 is 7.50. The van der Waals surface area contributed by atoms with Crippen molar-refractivity contribution in [2.24, 2.45) is 11.3 Å². The summed E-state index contributed by atoms with van der Waals surface area (Å²) in [6.07, 6.45) is 16.7. The quantitative estimate of drug-likeness (QED) is 0.480. The van der Waals surface area contributed by atoms with Gasteiger partial charge in [-0.2, -0.15) is 0 Å². The number of likely N-dealkylation sites (tertiary alicyclic amines) is 1. The molecule has 3 aliphatic carbocycles. The zero-order chi connectivity index (χ0) is 22.5. The lowest BCUT2D eigenvalue weighted by molar-refractivity contribution is -0.142. The van der Waals surface area contributed by atoms with Crippen molar-refractivity contribution < 1.29 is 4.74 Å². The van der Waals surface area contributed by atoms with Crippen LogP contribution in [0.1, 0.15) is 76.2 Å². The van der Waals surface area contributed by atoms with E-state index in [1.54, 1.807) is 16.7 Å². The van der Waals surface area contributed by atoms with Crippen LogP contribution in [0.5, 0.6) is 0 Å². The van der Waals surface area contributed by atoms with Gasteiger partial charge in [0.15, 0.2) is 0 Å². The Morgan fingerprint density at radius 3 is 2.71 bits per heavy atom. The second-order valence-electron chi connectivity index (χ2n) is 12.6. The first-order chi connectivity index (χ1) is 16.6. The van der Waals surface area contributed by atoms with E-state index in [0.29, 0.717) is 11.8 Å². The molecule has 0 radical (unpaired) electrons. The van der Waals surface area contributed by atoms with Crippen LogP contribution in [0.15, 0.2) is 65.8 Å². The van der Waals surface area contributed by atoms with Crippen molar-refractivity contribution in [1.29, 1.82) is 0 Å². The molecule has 3 aliphatic heterocycles. The minimum Gasteiger partial charge on any atom is -0.359 e. The van der Waals surface area contributed by atoms with Gasteiger partial charge in [0.1, 0.15) is 0 Å². The maximum Gasteiger partial charge on any atom is 0.0974 e. The van der Waals surface area contributed by atoms with Crippen molar-refractivity contribution in [3.8, 4) is 0 Å². The van der Waals surface area contributed by atoms with E-state index in [1.807, 2.05) is 0 Å². The average molecular weight is 452 g/mol. The van der Waals surface area contributed by atoms with Gasteiger partial charge in [-0.1, -0.05) is 61.5 Å². The van der Waals surface area contributed by atoms with Gasteiger partial charge in [-0.3, -0.25) is 0 Å². The fraction of sp³-hybridized carbons (Fsp3) is 0.562. The molecule has 2 saturated heterocycles. The van der Waals surface area contributed by atoms with Crippen LogP contribution in [-0.2, 0) is 4.74 Å². The van der Waals surface area contributed by atoms with Gasteiger partial charge >= 0.3 is 0 Å². The standard InChI is InChI=1S/C32H37NO/c1-30-14-13-26-20-25-9-10-27(33-17-4-18-33)21-31(25)15-16-32(26,34-31)29(30)12-11-28(30)24-8-7-22-5-2-3-6-23(22)19-24/h2-3,5-8,13,19-20,27-29H,4,9-12,14-18,21H2,1H3/t27-,28+,29+,30+,31?,32+/m0/s1. The van der Waals surface area contributed by atoms with E-state index in [9.17, 15) is 0 Å². The average Bonchev–Trinajstić information content (AvgIpc) is 3.33. The summed E-state index contributed by atoms with van der Waals surface area (Å²) in [7, 11) is 0. The number of benzene rings is 2. The van der Waals surface area contributed by atoms with Crippen LogP contribution in [0, 0.1) is 11.3 Å². The third-order valence-corrected chi connectivity index (χ3v) is 11.2. The van der Waals surface area contributed by atoms with Gasteiger partial charge in [0.25, 0.3) is 0 Å².